The fraction of sp³-hybridized carbons (Fsp3) is 0.417. The molecule has 0 saturated heterocycles. The zero-order valence-electron chi connectivity index (χ0n) is 9.42. The third-order valence-corrected chi connectivity index (χ3v) is 2.90. The molecule has 16 heavy (non-hydrogen) atoms. The van der Waals surface area contributed by atoms with E-state index in [1.54, 1.807) is 0 Å². The normalized spacial score (nSPS) is 16.6. The Kier molecular flexibility index (Phi) is 2.73. The number of carbonyl (C=O) groups excluding carboxylic acids is 1. The van der Waals surface area contributed by atoms with Crippen molar-refractivity contribution in [1.82, 2.24) is 10.6 Å². The minimum absolute atomic E-state index is 0.100. The van der Waals surface area contributed by atoms with E-state index in [4.69, 9.17) is 5.73 Å². The van der Waals surface area contributed by atoms with Crippen LogP contribution in [0.25, 0.3) is 0 Å². The monoisotopic (exact) mass is 219 g/mol. The average Bonchev–Trinajstić information content (AvgIpc) is 3.00. The lowest BCUT2D eigenvalue weighted by Gasteiger charge is -2.18. The second-order valence-electron chi connectivity index (χ2n) is 4.19. The number of anilines is 1. The van der Waals surface area contributed by atoms with Crippen molar-refractivity contribution in [1.29, 1.82) is 0 Å². The van der Waals surface area contributed by atoms with E-state index in [9.17, 15) is 4.79 Å². The molecule has 0 aromatic heterocycles. The molecule has 0 radical (unpaired) electrons. The first-order chi connectivity index (χ1) is 7.66. The second-order valence-corrected chi connectivity index (χ2v) is 4.19. The Labute approximate surface area is 95.2 Å². The van der Waals surface area contributed by atoms with Crippen molar-refractivity contribution in [2.75, 3.05) is 12.3 Å². The van der Waals surface area contributed by atoms with Crippen LogP contribution in [0.2, 0.25) is 0 Å². The van der Waals surface area contributed by atoms with Gasteiger partial charge in [-0.15, -0.1) is 0 Å². The standard InChI is InChI=1S/C12H17N3O/c1-2-14-11(16)15-12(7-8-12)9-3-5-10(13)6-4-9/h3-6H,2,7-8,13H2,1H3,(H2,14,15,16). The van der Waals surface area contributed by atoms with Gasteiger partial charge in [-0.2, -0.15) is 0 Å². The van der Waals surface area contributed by atoms with Gasteiger partial charge < -0.3 is 16.4 Å². The molecule has 1 aromatic carbocycles. The molecule has 4 N–H and O–H groups in total. The first-order valence-corrected chi connectivity index (χ1v) is 5.58. The molecule has 0 unspecified atom stereocenters. The van der Waals surface area contributed by atoms with Gasteiger partial charge in [0.2, 0.25) is 0 Å². The number of hydrogen-bond acceptors (Lipinski definition) is 2. The summed E-state index contributed by atoms with van der Waals surface area (Å²) in [6, 6.07) is 7.60. The van der Waals surface area contributed by atoms with Crippen LogP contribution in [0.5, 0.6) is 0 Å². The van der Waals surface area contributed by atoms with Crippen molar-refractivity contribution < 1.29 is 4.79 Å². The fourth-order valence-electron chi connectivity index (χ4n) is 1.84. The van der Waals surface area contributed by atoms with Gasteiger partial charge >= 0.3 is 6.03 Å². The minimum atomic E-state index is -0.160. The predicted molar refractivity (Wildman–Crippen MR) is 64.0 cm³/mol. The number of amides is 2. The highest BCUT2D eigenvalue weighted by Gasteiger charge is 2.45. The molecule has 0 bridgehead atoms. The zero-order chi connectivity index (χ0) is 11.6. The van der Waals surface area contributed by atoms with Crippen LogP contribution in [-0.2, 0) is 5.54 Å². The van der Waals surface area contributed by atoms with Crippen molar-refractivity contribution in [3.05, 3.63) is 29.8 Å². The number of benzene rings is 1. The van der Waals surface area contributed by atoms with Crippen molar-refractivity contribution >= 4 is 11.7 Å². The van der Waals surface area contributed by atoms with Crippen LogP contribution < -0.4 is 16.4 Å². The number of hydrogen-bond donors (Lipinski definition) is 3. The first kappa shape index (κ1) is 10.8. The number of nitrogen functional groups attached to an aromatic ring is 1. The molecule has 1 aromatic rings. The summed E-state index contributed by atoms with van der Waals surface area (Å²) in [5, 5.41) is 5.76. The van der Waals surface area contributed by atoms with E-state index in [0.29, 0.717) is 6.54 Å². The minimum Gasteiger partial charge on any atom is -0.399 e. The quantitative estimate of drug-likeness (QED) is 0.676. The maximum atomic E-state index is 11.5. The smallest absolute Gasteiger partial charge is 0.315 e. The molecule has 1 aliphatic carbocycles. The summed E-state index contributed by atoms with van der Waals surface area (Å²) in [4.78, 5) is 11.5. The summed E-state index contributed by atoms with van der Waals surface area (Å²) in [6.45, 7) is 2.55. The lowest BCUT2D eigenvalue weighted by molar-refractivity contribution is 0.236. The molecule has 2 amide bonds. The highest BCUT2D eigenvalue weighted by Crippen LogP contribution is 2.45. The molecule has 2 rings (SSSR count). The van der Waals surface area contributed by atoms with Crippen LogP contribution in [0, 0.1) is 0 Å². The summed E-state index contributed by atoms with van der Waals surface area (Å²) in [5.74, 6) is 0. The summed E-state index contributed by atoms with van der Waals surface area (Å²) in [5.41, 5.74) is 7.36. The molecule has 1 saturated carbocycles. The maximum Gasteiger partial charge on any atom is 0.315 e. The summed E-state index contributed by atoms with van der Waals surface area (Å²) >= 11 is 0. The topological polar surface area (TPSA) is 67.2 Å². The molecule has 1 fully saturated rings. The molecule has 0 heterocycles. The largest absolute Gasteiger partial charge is 0.399 e. The van der Waals surface area contributed by atoms with Crippen LogP contribution in [0.1, 0.15) is 25.3 Å². The van der Waals surface area contributed by atoms with Gasteiger partial charge in [-0.3, -0.25) is 0 Å². The highest BCUT2D eigenvalue weighted by molar-refractivity contribution is 5.75. The van der Waals surface area contributed by atoms with Crippen LogP contribution in [0.4, 0.5) is 10.5 Å². The van der Waals surface area contributed by atoms with Gasteiger partial charge in [0.1, 0.15) is 0 Å². The van der Waals surface area contributed by atoms with Crippen molar-refractivity contribution in [3.63, 3.8) is 0 Å². The summed E-state index contributed by atoms with van der Waals surface area (Å²) < 4.78 is 0. The van der Waals surface area contributed by atoms with Crippen LogP contribution in [0.15, 0.2) is 24.3 Å². The SMILES string of the molecule is CCNC(=O)NC1(c2ccc(N)cc2)CC1. The third kappa shape index (κ3) is 2.10. The van der Waals surface area contributed by atoms with Gasteiger partial charge in [0, 0.05) is 12.2 Å². The van der Waals surface area contributed by atoms with Gasteiger partial charge in [0.25, 0.3) is 0 Å². The molecule has 86 valence electrons. The summed E-state index contributed by atoms with van der Waals surface area (Å²) in [6.07, 6.45) is 1.99. The number of carbonyl (C=O) groups is 1. The first-order valence-electron chi connectivity index (χ1n) is 5.58. The Hall–Kier alpha value is -1.71. The van der Waals surface area contributed by atoms with E-state index in [-0.39, 0.29) is 11.6 Å². The van der Waals surface area contributed by atoms with Gasteiger partial charge in [0.15, 0.2) is 0 Å². The predicted octanol–water partition coefficient (Wildman–Crippen LogP) is 1.58. The average molecular weight is 219 g/mol. The molecule has 4 heteroatoms. The molecular weight excluding hydrogens is 202 g/mol. The molecule has 0 atom stereocenters. The van der Waals surface area contributed by atoms with Crippen LogP contribution in [-0.4, -0.2) is 12.6 Å². The van der Waals surface area contributed by atoms with Gasteiger partial charge in [-0.05, 0) is 37.5 Å². The Bertz CT molecular complexity index is 382. The van der Waals surface area contributed by atoms with E-state index in [1.807, 2.05) is 31.2 Å². The number of nitrogens with two attached hydrogens (primary N) is 1. The Balaban J connectivity index is 2.08. The molecule has 4 nitrogen and oxygen atoms in total. The van der Waals surface area contributed by atoms with Gasteiger partial charge in [0.05, 0.1) is 5.54 Å². The maximum absolute atomic E-state index is 11.5. The Morgan fingerprint density at radius 2 is 2.00 bits per heavy atom. The van der Waals surface area contributed by atoms with E-state index in [2.05, 4.69) is 10.6 Å². The van der Waals surface area contributed by atoms with E-state index >= 15 is 0 Å². The molecule has 0 aliphatic heterocycles. The molecule has 1 aliphatic rings. The lowest BCUT2D eigenvalue weighted by Crippen LogP contribution is -2.42. The van der Waals surface area contributed by atoms with Crippen molar-refractivity contribution in [2.45, 2.75) is 25.3 Å². The zero-order valence-corrected chi connectivity index (χ0v) is 9.42. The second kappa shape index (κ2) is 4.04. The lowest BCUT2D eigenvalue weighted by atomic mass is 10.0. The van der Waals surface area contributed by atoms with Crippen molar-refractivity contribution in [3.8, 4) is 0 Å². The van der Waals surface area contributed by atoms with Gasteiger partial charge in [-0.25, -0.2) is 4.79 Å². The summed E-state index contributed by atoms with van der Waals surface area (Å²) in [7, 11) is 0. The number of nitrogens with one attached hydrogen (secondary N) is 2. The van der Waals surface area contributed by atoms with E-state index < -0.39 is 0 Å². The van der Waals surface area contributed by atoms with E-state index in [0.717, 1.165) is 24.1 Å². The molecule has 0 spiro atoms. The number of rotatable bonds is 3. The van der Waals surface area contributed by atoms with Crippen LogP contribution >= 0.6 is 0 Å². The fourth-order valence-corrected chi connectivity index (χ4v) is 1.84. The number of urea groups is 1. The molecular formula is C12H17N3O. The third-order valence-electron chi connectivity index (χ3n) is 2.90. The van der Waals surface area contributed by atoms with Crippen molar-refractivity contribution in [2.24, 2.45) is 0 Å². The Morgan fingerprint density at radius 1 is 1.38 bits per heavy atom. The van der Waals surface area contributed by atoms with E-state index in [1.165, 1.54) is 0 Å². The van der Waals surface area contributed by atoms with Crippen LogP contribution in [0.3, 0.4) is 0 Å². The Morgan fingerprint density at radius 3 is 2.50 bits per heavy atom. The van der Waals surface area contributed by atoms with Gasteiger partial charge in [-0.1, -0.05) is 12.1 Å². The highest BCUT2D eigenvalue weighted by atomic mass is 16.2.